The molecule has 1 aromatic carbocycles. The van der Waals surface area contributed by atoms with Gasteiger partial charge in [0.15, 0.2) is 0 Å². The fourth-order valence-electron chi connectivity index (χ4n) is 2.73. The van der Waals surface area contributed by atoms with Crippen molar-refractivity contribution in [3.8, 4) is 0 Å². The first kappa shape index (κ1) is 15.9. The summed E-state index contributed by atoms with van der Waals surface area (Å²) in [5, 5.41) is 6.25. The summed E-state index contributed by atoms with van der Waals surface area (Å²) in [4.78, 5) is 14.2. The second-order valence-electron chi connectivity index (χ2n) is 5.82. The maximum absolute atomic E-state index is 13.4. The summed E-state index contributed by atoms with van der Waals surface area (Å²) in [5.74, 6) is -0.110. The summed E-state index contributed by atoms with van der Waals surface area (Å²) >= 11 is 0. The van der Waals surface area contributed by atoms with Crippen molar-refractivity contribution in [1.29, 1.82) is 0 Å². The fourth-order valence-corrected chi connectivity index (χ4v) is 2.73. The number of benzene rings is 1. The van der Waals surface area contributed by atoms with Gasteiger partial charge < -0.3 is 15.5 Å². The molecule has 116 valence electrons. The summed E-state index contributed by atoms with van der Waals surface area (Å²) in [6.07, 6.45) is 1.98. The van der Waals surface area contributed by atoms with Crippen LogP contribution in [0.15, 0.2) is 24.3 Å². The van der Waals surface area contributed by atoms with E-state index in [1.807, 2.05) is 25.1 Å². The van der Waals surface area contributed by atoms with Crippen LogP contribution in [0.2, 0.25) is 0 Å². The fraction of sp³-hybridized carbons (Fsp3) is 0.562. The largest absolute Gasteiger partial charge is 0.354 e. The molecule has 4 nitrogen and oxygen atoms in total. The minimum Gasteiger partial charge on any atom is -0.354 e. The molecule has 0 radical (unpaired) electrons. The Bertz CT molecular complexity index is 472. The van der Waals surface area contributed by atoms with Gasteiger partial charge in [-0.15, -0.1) is 0 Å². The van der Waals surface area contributed by atoms with Crippen molar-refractivity contribution in [2.24, 2.45) is 5.92 Å². The van der Waals surface area contributed by atoms with Crippen molar-refractivity contribution in [2.75, 3.05) is 33.7 Å². The van der Waals surface area contributed by atoms with Crippen LogP contribution >= 0.6 is 0 Å². The molecular formula is C16H24FN3O. The number of hydrogen-bond donors (Lipinski definition) is 2. The molecule has 5 heteroatoms. The average Bonchev–Trinajstić information content (AvgIpc) is 2.48. The standard InChI is InChI=1S/C16H24FN3O/c1-20(2)15(12-5-3-7-14(17)9-12)11-19-16(21)13-6-4-8-18-10-13/h3,5,7,9,13,15,18H,4,6,8,10-11H2,1-2H3,(H,19,21). The van der Waals surface area contributed by atoms with E-state index in [9.17, 15) is 9.18 Å². The monoisotopic (exact) mass is 293 g/mol. The van der Waals surface area contributed by atoms with Gasteiger partial charge in [-0.05, 0) is 51.2 Å². The molecule has 2 N–H and O–H groups in total. The Kier molecular flexibility index (Phi) is 5.70. The van der Waals surface area contributed by atoms with Crippen molar-refractivity contribution in [2.45, 2.75) is 18.9 Å². The summed E-state index contributed by atoms with van der Waals surface area (Å²) in [6.45, 7) is 2.23. The van der Waals surface area contributed by atoms with Crippen molar-refractivity contribution in [1.82, 2.24) is 15.5 Å². The minimum absolute atomic E-state index is 0.0267. The number of nitrogens with zero attached hydrogens (tertiary/aromatic N) is 1. The van der Waals surface area contributed by atoms with Gasteiger partial charge in [-0.2, -0.15) is 0 Å². The van der Waals surface area contributed by atoms with Gasteiger partial charge in [-0.25, -0.2) is 4.39 Å². The zero-order valence-electron chi connectivity index (χ0n) is 12.7. The van der Waals surface area contributed by atoms with Crippen molar-refractivity contribution < 1.29 is 9.18 Å². The normalized spacial score (nSPS) is 20.3. The second kappa shape index (κ2) is 7.52. The second-order valence-corrected chi connectivity index (χ2v) is 5.82. The summed E-state index contributed by atoms with van der Waals surface area (Å²) < 4.78 is 13.4. The molecule has 2 rings (SSSR count). The van der Waals surface area contributed by atoms with Crippen LogP contribution in [-0.4, -0.2) is 44.5 Å². The van der Waals surface area contributed by atoms with Gasteiger partial charge in [0, 0.05) is 13.1 Å². The van der Waals surface area contributed by atoms with E-state index in [2.05, 4.69) is 10.6 Å². The highest BCUT2D eigenvalue weighted by molar-refractivity contribution is 5.79. The maximum Gasteiger partial charge on any atom is 0.224 e. The summed E-state index contributed by atoms with van der Waals surface area (Å²) in [7, 11) is 3.87. The summed E-state index contributed by atoms with van der Waals surface area (Å²) in [6, 6.07) is 6.53. The Hall–Kier alpha value is -1.46. The molecule has 0 bridgehead atoms. The first-order chi connectivity index (χ1) is 10.1. The molecule has 0 spiro atoms. The van der Waals surface area contributed by atoms with Gasteiger partial charge in [0.1, 0.15) is 5.82 Å². The van der Waals surface area contributed by atoms with E-state index in [0.717, 1.165) is 31.5 Å². The topological polar surface area (TPSA) is 44.4 Å². The Morgan fingerprint density at radius 3 is 2.95 bits per heavy atom. The van der Waals surface area contributed by atoms with Crippen molar-refractivity contribution in [3.05, 3.63) is 35.6 Å². The van der Waals surface area contributed by atoms with Gasteiger partial charge >= 0.3 is 0 Å². The zero-order chi connectivity index (χ0) is 15.2. The van der Waals surface area contributed by atoms with E-state index in [1.165, 1.54) is 12.1 Å². The van der Waals surface area contributed by atoms with E-state index < -0.39 is 0 Å². The Labute approximate surface area is 125 Å². The van der Waals surface area contributed by atoms with E-state index >= 15 is 0 Å². The van der Waals surface area contributed by atoms with Gasteiger partial charge in [0.2, 0.25) is 5.91 Å². The number of carbonyl (C=O) groups excluding carboxylic acids is 1. The summed E-state index contributed by atoms with van der Waals surface area (Å²) in [5.41, 5.74) is 0.877. The van der Waals surface area contributed by atoms with E-state index in [1.54, 1.807) is 6.07 Å². The van der Waals surface area contributed by atoms with Crippen LogP contribution in [0.1, 0.15) is 24.4 Å². The number of hydrogen-bond acceptors (Lipinski definition) is 3. The number of amides is 1. The predicted octanol–water partition coefficient (Wildman–Crippen LogP) is 1.54. The molecule has 1 heterocycles. The lowest BCUT2D eigenvalue weighted by Crippen LogP contribution is -2.43. The molecule has 1 saturated heterocycles. The smallest absolute Gasteiger partial charge is 0.224 e. The lowest BCUT2D eigenvalue weighted by molar-refractivity contribution is -0.125. The quantitative estimate of drug-likeness (QED) is 0.865. The Balaban J connectivity index is 1.95. The van der Waals surface area contributed by atoms with Gasteiger partial charge in [-0.1, -0.05) is 12.1 Å². The number of nitrogens with one attached hydrogen (secondary N) is 2. The van der Waals surface area contributed by atoms with Crippen LogP contribution in [-0.2, 0) is 4.79 Å². The molecule has 0 aromatic heterocycles. The zero-order valence-corrected chi connectivity index (χ0v) is 12.7. The number of likely N-dealkylation sites (N-methyl/N-ethyl adjacent to an activating group) is 1. The van der Waals surface area contributed by atoms with Gasteiger partial charge in [0.25, 0.3) is 0 Å². The van der Waals surface area contributed by atoms with E-state index in [0.29, 0.717) is 6.54 Å². The molecule has 1 fully saturated rings. The SMILES string of the molecule is CN(C)C(CNC(=O)C1CCCNC1)c1cccc(F)c1. The van der Waals surface area contributed by atoms with Gasteiger partial charge in [0.05, 0.1) is 12.0 Å². The lowest BCUT2D eigenvalue weighted by atomic mass is 9.98. The third-order valence-corrected chi connectivity index (χ3v) is 3.99. The molecule has 0 saturated carbocycles. The van der Waals surface area contributed by atoms with Crippen LogP contribution in [0.4, 0.5) is 4.39 Å². The molecule has 21 heavy (non-hydrogen) atoms. The highest BCUT2D eigenvalue weighted by atomic mass is 19.1. The Morgan fingerprint density at radius 1 is 1.52 bits per heavy atom. The molecular weight excluding hydrogens is 269 g/mol. The van der Waals surface area contributed by atoms with Crippen LogP contribution in [0.5, 0.6) is 0 Å². The highest BCUT2D eigenvalue weighted by Gasteiger charge is 2.22. The first-order valence-corrected chi connectivity index (χ1v) is 7.48. The van der Waals surface area contributed by atoms with Crippen LogP contribution in [0, 0.1) is 11.7 Å². The molecule has 1 aliphatic heterocycles. The predicted molar refractivity (Wildman–Crippen MR) is 81.4 cm³/mol. The van der Waals surface area contributed by atoms with Crippen LogP contribution in [0.3, 0.4) is 0 Å². The number of carbonyl (C=O) groups is 1. The maximum atomic E-state index is 13.4. The molecule has 2 unspecified atom stereocenters. The number of rotatable bonds is 5. The average molecular weight is 293 g/mol. The third-order valence-electron chi connectivity index (χ3n) is 3.99. The molecule has 1 aromatic rings. The van der Waals surface area contributed by atoms with Crippen molar-refractivity contribution >= 4 is 5.91 Å². The van der Waals surface area contributed by atoms with Gasteiger partial charge in [-0.3, -0.25) is 4.79 Å². The van der Waals surface area contributed by atoms with E-state index in [4.69, 9.17) is 0 Å². The molecule has 1 aliphatic rings. The first-order valence-electron chi connectivity index (χ1n) is 7.48. The molecule has 0 aliphatic carbocycles. The number of piperidine rings is 1. The minimum atomic E-state index is -0.248. The van der Waals surface area contributed by atoms with Crippen LogP contribution < -0.4 is 10.6 Å². The Morgan fingerprint density at radius 2 is 2.33 bits per heavy atom. The lowest BCUT2D eigenvalue weighted by Gasteiger charge is -2.27. The molecule has 1 amide bonds. The highest BCUT2D eigenvalue weighted by Crippen LogP contribution is 2.19. The van der Waals surface area contributed by atoms with Crippen molar-refractivity contribution in [3.63, 3.8) is 0 Å². The molecule has 2 atom stereocenters. The van der Waals surface area contributed by atoms with E-state index in [-0.39, 0.29) is 23.7 Å². The number of halogens is 1. The van der Waals surface area contributed by atoms with Crippen LogP contribution in [0.25, 0.3) is 0 Å². The third kappa shape index (κ3) is 4.51.